The van der Waals surface area contributed by atoms with Gasteiger partial charge in [-0.15, -0.1) is 0 Å². The average Bonchev–Trinajstić information content (AvgIpc) is 2.98. The number of nitrogens with one attached hydrogen (secondary N) is 1. The fraction of sp³-hybridized carbons (Fsp3) is 0.722. The van der Waals surface area contributed by atoms with Crippen LogP contribution in [0.15, 0.2) is 16.8 Å². The monoisotopic (exact) mass is 319 g/mol. The van der Waals surface area contributed by atoms with Crippen LogP contribution >= 0.6 is 11.3 Å². The smallest absolute Gasteiger partial charge is 0.226 e. The predicted octanol–water partition coefficient (Wildman–Crippen LogP) is 3.29. The molecule has 4 bridgehead atoms. The van der Waals surface area contributed by atoms with E-state index >= 15 is 0 Å². The first-order valence-corrected chi connectivity index (χ1v) is 9.44. The number of carbonyl (C=O) groups is 1. The standard InChI is InChI=1S/C18H25NO2S/c1-17(21,15-2-3-22-10-15)11-19-16(20)18-7-12-4-13(8-18)6-14(5-12)9-18/h2-3,10,12-14,21H,4-9,11H2,1H3,(H,19,20). The zero-order valence-electron chi connectivity index (χ0n) is 13.2. The number of hydrogen-bond donors (Lipinski definition) is 2. The van der Waals surface area contributed by atoms with Crippen LogP contribution < -0.4 is 5.32 Å². The van der Waals surface area contributed by atoms with E-state index in [9.17, 15) is 9.90 Å². The highest BCUT2D eigenvalue weighted by Crippen LogP contribution is 2.60. The molecule has 1 aromatic heterocycles. The molecule has 2 N–H and O–H groups in total. The summed E-state index contributed by atoms with van der Waals surface area (Å²) in [5, 5.41) is 17.6. The first-order chi connectivity index (χ1) is 10.5. The molecule has 1 heterocycles. The molecule has 4 aliphatic rings. The van der Waals surface area contributed by atoms with Crippen LogP contribution in [0.25, 0.3) is 0 Å². The maximum atomic E-state index is 12.9. The highest BCUT2D eigenvalue weighted by atomic mass is 32.1. The van der Waals surface area contributed by atoms with E-state index in [0.29, 0.717) is 6.54 Å². The van der Waals surface area contributed by atoms with Crippen LogP contribution in [0.1, 0.15) is 51.0 Å². The third-order valence-electron chi connectivity index (χ3n) is 6.26. The number of amides is 1. The van der Waals surface area contributed by atoms with Crippen molar-refractivity contribution in [2.45, 2.75) is 51.0 Å². The summed E-state index contributed by atoms with van der Waals surface area (Å²) in [4.78, 5) is 12.9. The number of rotatable bonds is 4. The topological polar surface area (TPSA) is 49.3 Å². The summed E-state index contributed by atoms with van der Waals surface area (Å²) in [5.74, 6) is 2.51. The second-order valence-electron chi connectivity index (χ2n) is 8.17. The van der Waals surface area contributed by atoms with Gasteiger partial charge in [-0.05, 0) is 85.6 Å². The summed E-state index contributed by atoms with van der Waals surface area (Å²) in [6.45, 7) is 2.10. The molecule has 120 valence electrons. The van der Waals surface area contributed by atoms with Gasteiger partial charge in [0.25, 0.3) is 0 Å². The molecule has 3 nitrogen and oxygen atoms in total. The first kappa shape index (κ1) is 14.7. The van der Waals surface area contributed by atoms with Gasteiger partial charge >= 0.3 is 0 Å². The van der Waals surface area contributed by atoms with Crippen molar-refractivity contribution in [3.63, 3.8) is 0 Å². The normalized spacial score (nSPS) is 38.7. The SMILES string of the molecule is CC(O)(CNC(=O)C12CC3CC(CC(C3)C1)C2)c1ccsc1. The number of hydrogen-bond acceptors (Lipinski definition) is 3. The molecular weight excluding hydrogens is 294 g/mol. The Kier molecular flexibility index (Phi) is 3.39. The quantitative estimate of drug-likeness (QED) is 0.895. The molecule has 1 amide bonds. The fourth-order valence-corrected chi connectivity index (χ4v) is 6.28. The summed E-state index contributed by atoms with van der Waals surface area (Å²) < 4.78 is 0. The Labute approximate surface area is 136 Å². The molecule has 0 aliphatic heterocycles. The Balaban J connectivity index is 1.44. The average molecular weight is 319 g/mol. The molecule has 0 saturated heterocycles. The summed E-state index contributed by atoms with van der Waals surface area (Å²) >= 11 is 1.58. The van der Waals surface area contributed by atoms with Crippen molar-refractivity contribution < 1.29 is 9.90 Å². The van der Waals surface area contributed by atoms with Crippen molar-refractivity contribution in [3.8, 4) is 0 Å². The molecule has 4 heteroatoms. The van der Waals surface area contributed by atoms with E-state index in [1.54, 1.807) is 18.3 Å². The Morgan fingerprint density at radius 1 is 1.32 bits per heavy atom. The molecule has 0 aromatic carbocycles. The van der Waals surface area contributed by atoms with Crippen molar-refractivity contribution in [3.05, 3.63) is 22.4 Å². The van der Waals surface area contributed by atoms with Gasteiger partial charge < -0.3 is 10.4 Å². The van der Waals surface area contributed by atoms with Crippen molar-refractivity contribution >= 4 is 17.2 Å². The lowest BCUT2D eigenvalue weighted by molar-refractivity contribution is -0.147. The minimum Gasteiger partial charge on any atom is -0.384 e. The van der Waals surface area contributed by atoms with Gasteiger partial charge in [0.1, 0.15) is 5.60 Å². The van der Waals surface area contributed by atoms with Crippen LogP contribution in [0.3, 0.4) is 0 Å². The van der Waals surface area contributed by atoms with Gasteiger partial charge in [-0.2, -0.15) is 11.3 Å². The highest BCUT2D eigenvalue weighted by molar-refractivity contribution is 7.08. The van der Waals surface area contributed by atoms with Gasteiger partial charge in [0.2, 0.25) is 5.91 Å². The Bertz CT molecular complexity index is 528. The number of carbonyl (C=O) groups excluding carboxylic acids is 1. The molecule has 5 rings (SSSR count). The fourth-order valence-electron chi connectivity index (χ4n) is 5.50. The van der Waals surface area contributed by atoms with Gasteiger partial charge in [0.15, 0.2) is 0 Å². The largest absolute Gasteiger partial charge is 0.384 e. The minimum absolute atomic E-state index is 0.126. The summed E-state index contributed by atoms with van der Waals surface area (Å²) in [6.07, 6.45) is 7.26. The Morgan fingerprint density at radius 3 is 2.41 bits per heavy atom. The van der Waals surface area contributed by atoms with E-state index in [4.69, 9.17) is 0 Å². The molecule has 22 heavy (non-hydrogen) atoms. The lowest BCUT2D eigenvalue weighted by Crippen LogP contribution is -2.55. The maximum absolute atomic E-state index is 12.9. The van der Waals surface area contributed by atoms with E-state index in [1.165, 1.54) is 19.3 Å². The molecule has 1 atom stereocenters. The van der Waals surface area contributed by atoms with Crippen LogP contribution in [-0.2, 0) is 10.4 Å². The van der Waals surface area contributed by atoms with Crippen LogP contribution in [0, 0.1) is 23.2 Å². The van der Waals surface area contributed by atoms with Gasteiger partial charge in [0, 0.05) is 5.41 Å². The third kappa shape index (κ3) is 2.41. The lowest BCUT2D eigenvalue weighted by Gasteiger charge is -2.55. The second kappa shape index (κ2) is 5.07. The maximum Gasteiger partial charge on any atom is 0.226 e. The number of thiophene rings is 1. The van der Waals surface area contributed by atoms with E-state index < -0.39 is 5.60 Å². The molecule has 4 fully saturated rings. The van der Waals surface area contributed by atoms with Gasteiger partial charge in [0.05, 0.1) is 6.54 Å². The van der Waals surface area contributed by atoms with Crippen molar-refractivity contribution in [2.75, 3.05) is 6.54 Å². The predicted molar refractivity (Wildman–Crippen MR) is 87.5 cm³/mol. The van der Waals surface area contributed by atoms with Gasteiger partial charge in [-0.3, -0.25) is 4.79 Å². The third-order valence-corrected chi connectivity index (χ3v) is 6.94. The van der Waals surface area contributed by atoms with Crippen LogP contribution in [0.2, 0.25) is 0 Å². The molecule has 4 aliphatic carbocycles. The van der Waals surface area contributed by atoms with Crippen LogP contribution in [0.4, 0.5) is 0 Å². The molecular formula is C18H25NO2S. The summed E-state index contributed by atoms with van der Waals surface area (Å²) in [5.41, 5.74) is -0.208. The molecule has 0 spiro atoms. The molecule has 1 unspecified atom stereocenters. The molecule has 0 radical (unpaired) electrons. The summed E-state index contributed by atoms with van der Waals surface area (Å²) in [7, 11) is 0. The minimum atomic E-state index is -0.974. The number of aliphatic hydroxyl groups is 1. The molecule has 4 saturated carbocycles. The van der Waals surface area contributed by atoms with Crippen LogP contribution in [-0.4, -0.2) is 17.6 Å². The van der Waals surface area contributed by atoms with E-state index in [1.807, 2.05) is 16.8 Å². The van der Waals surface area contributed by atoms with Crippen molar-refractivity contribution in [1.82, 2.24) is 5.32 Å². The van der Waals surface area contributed by atoms with E-state index in [0.717, 1.165) is 42.6 Å². The zero-order chi connectivity index (χ0) is 15.4. The van der Waals surface area contributed by atoms with Crippen molar-refractivity contribution in [1.29, 1.82) is 0 Å². The summed E-state index contributed by atoms with van der Waals surface area (Å²) in [6, 6.07) is 1.93. The highest BCUT2D eigenvalue weighted by Gasteiger charge is 2.54. The first-order valence-electron chi connectivity index (χ1n) is 8.50. The lowest BCUT2D eigenvalue weighted by atomic mass is 9.49. The zero-order valence-corrected chi connectivity index (χ0v) is 14.0. The Hall–Kier alpha value is -0.870. The van der Waals surface area contributed by atoms with Crippen molar-refractivity contribution in [2.24, 2.45) is 23.2 Å². The Morgan fingerprint density at radius 2 is 1.91 bits per heavy atom. The van der Waals surface area contributed by atoms with Gasteiger partial charge in [-0.1, -0.05) is 0 Å². The second-order valence-corrected chi connectivity index (χ2v) is 8.95. The van der Waals surface area contributed by atoms with Gasteiger partial charge in [-0.25, -0.2) is 0 Å². The molecule has 1 aromatic rings. The van der Waals surface area contributed by atoms with Crippen LogP contribution in [0.5, 0.6) is 0 Å². The van der Waals surface area contributed by atoms with E-state index in [-0.39, 0.29) is 11.3 Å². The van der Waals surface area contributed by atoms with E-state index in [2.05, 4.69) is 5.32 Å².